The molecular formula is C21H28N2O3. The average Bonchev–Trinajstić information content (AvgIpc) is 2.67. The number of likely N-dealkylation sites (N-methyl/N-ethyl adjacent to an activating group) is 1. The first-order valence-electron chi connectivity index (χ1n) is 9.46. The molecule has 0 radical (unpaired) electrons. The van der Waals surface area contributed by atoms with Gasteiger partial charge in [0.15, 0.2) is 0 Å². The van der Waals surface area contributed by atoms with E-state index in [-0.39, 0.29) is 6.54 Å². The lowest BCUT2D eigenvalue weighted by molar-refractivity contribution is -0.139. The summed E-state index contributed by atoms with van der Waals surface area (Å²) >= 11 is 0. The van der Waals surface area contributed by atoms with Crippen LogP contribution in [0.25, 0.3) is 10.8 Å². The topological polar surface area (TPSA) is 53.0 Å². The van der Waals surface area contributed by atoms with E-state index in [9.17, 15) is 4.79 Å². The minimum absolute atomic E-state index is 0.144. The Balaban J connectivity index is 1.46. The number of hydrogen-bond donors (Lipinski definition) is 1. The summed E-state index contributed by atoms with van der Waals surface area (Å²) < 4.78 is 6.04. The molecule has 1 aliphatic rings. The normalized spacial score (nSPS) is 16.2. The number of benzene rings is 2. The van der Waals surface area contributed by atoms with Crippen molar-refractivity contribution in [1.82, 2.24) is 9.80 Å². The molecule has 1 N–H and O–H groups in total. The molecule has 140 valence electrons. The molecule has 0 bridgehead atoms. The predicted molar refractivity (Wildman–Crippen MR) is 104 cm³/mol. The van der Waals surface area contributed by atoms with E-state index in [0.29, 0.717) is 12.6 Å². The zero-order valence-electron chi connectivity index (χ0n) is 15.4. The van der Waals surface area contributed by atoms with Crippen molar-refractivity contribution in [2.45, 2.75) is 25.8 Å². The minimum Gasteiger partial charge on any atom is -0.492 e. The molecule has 0 atom stereocenters. The third-order valence-electron chi connectivity index (χ3n) is 5.23. The van der Waals surface area contributed by atoms with Gasteiger partial charge in [-0.25, -0.2) is 0 Å². The number of piperidine rings is 1. The second-order valence-electron chi connectivity index (χ2n) is 6.86. The Labute approximate surface area is 155 Å². The number of aliphatic carboxylic acids is 1. The van der Waals surface area contributed by atoms with E-state index in [1.165, 1.54) is 5.39 Å². The maximum atomic E-state index is 11.0. The number of carbonyl (C=O) groups is 1. The van der Waals surface area contributed by atoms with E-state index in [4.69, 9.17) is 9.84 Å². The number of fused-ring (bicyclic) bond motifs is 1. The van der Waals surface area contributed by atoms with E-state index >= 15 is 0 Å². The molecule has 0 saturated carbocycles. The summed E-state index contributed by atoms with van der Waals surface area (Å²) in [7, 11) is 0. The number of hydrogen-bond acceptors (Lipinski definition) is 4. The van der Waals surface area contributed by atoms with Crippen LogP contribution in [0.15, 0.2) is 42.5 Å². The molecule has 5 nitrogen and oxygen atoms in total. The first-order chi connectivity index (χ1) is 12.7. The lowest BCUT2D eigenvalue weighted by Gasteiger charge is -2.37. The van der Waals surface area contributed by atoms with Gasteiger partial charge in [0.25, 0.3) is 0 Å². The number of carboxylic acids is 1. The van der Waals surface area contributed by atoms with Gasteiger partial charge in [0.2, 0.25) is 0 Å². The Bertz CT molecular complexity index is 721. The van der Waals surface area contributed by atoms with Gasteiger partial charge >= 0.3 is 5.97 Å². The highest BCUT2D eigenvalue weighted by molar-refractivity contribution is 5.88. The fraction of sp³-hybridized carbons (Fsp3) is 0.476. The van der Waals surface area contributed by atoms with Crippen LogP contribution in [0.4, 0.5) is 0 Å². The fourth-order valence-electron chi connectivity index (χ4n) is 3.79. The molecule has 0 aromatic heterocycles. The summed E-state index contributed by atoms with van der Waals surface area (Å²) in [6, 6.07) is 14.8. The van der Waals surface area contributed by atoms with Crippen molar-refractivity contribution in [2.75, 3.05) is 39.3 Å². The van der Waals surface area contributed by atoms with E-state index in [1.807, 2.05) is 31.2 Å². The fourth-order valence-corrected chi connectivity index (χ4v) is 3.79. The summed E-state index contributed by atoms with van der Waals surface area (Å²) in [5.74, 6) is 0.203. The molecule has 5 heteroatoms. The first kappa shape index (κ1) is 18.7. The lowest BCUT2D eigenvalue weighted by Crippen LogP contribution is -2.47. The second-order valence-corrected chi connectivity index (χ2v) is 6.86. The van der Waals surface area contributed by atoms with Crippen LogP contribution in [0.5, 0.6) is 5.75 Å². The van der Waals surface area contributed by atoms with Gasteiger partial charge in [-0.3, -0.25) is 14.6 Å². The maximum absolute atomic E-state index is 11.0. The molecule has 0 amide bonds. The van der Waals surface area contributed by atoms with Crippen molar-refractivity contribution in [3.8, 4) is 5.75 Å². The monoisotopic (exact) mass is 356 g/mol. The van der Waals surface area contributed by atoms with Gasteiger partial charge in [0, 0.05) is 18.0 Å². The zero-order valence-corrected chi connectivity index (χ0v) is 15.4. The van der Waals surface area contributed by atoms with Crippen LogP contribution in [0.3, 0.4) is 0 Å². The molecule has 26 heavy (non-hydrogen) atoms. The van der Waals surface area contributed by atoms with Crippen LogP contribution in [0, 0.1) is 0 Å². The molecule has 0 aliphatic carbocycles. The van der Waals surface area contributed by atoms with E-state index in [0.717, 1.165) is 50.2 Å². The van der Waals surface area contributed by atoms with E-state index in [2.05, 4.69) is 28.0 Å². The smallest absolute Gasteiger partial charge is 0.317 e. The van der Waals surface area contributed by atoms with Crippen LogP contribution in [-0.4, -0.2) is 66.2 Å². The van der Waals surface area contributed by atoms with Crippen molar-refractivity contribution in [2.24, 2.45) is 0 Å². The Hall–Kier alpha value is -2.11. The number of rotatable bonds is 8. The zero-order chi connectivity index (χ0) is 18.4. The van der Waals surface area contributed by atoms with Crippen molar-refractivity contribution < 1.29 is 14.6 Å². The molecule has 3 rings (SSSR count). The quantitative estimate of drug-likeness (QED) is 0.788. The second kappa shape index (κ2) is 9.01. The van der Waals surface area contributed by atoms with Gasteiger partial charge in [0.05, 0.1) is 6.54 Å². The van der Waals surface area contributed by atoms with Gasteiger partial charge in [0.1, 0.15) is 12.4 Å². The number of ether oxygens (including phenoxy) is 1. The predicted octanol–water partition coefficient (Wildman–Crippen LogP) is 3.09. The molecule has 0 spiro atoms. The number of carboxylic acid groups (broad SMARTS) is 1. The highest BCUT2D eigenvalue weighted by atomic mass is 16.5. The van der Waals surface area contributed by atoms with Crippen molar-refractivity contribution >= 4 is 16.7 Å². The standard InChI is InChI=1S/C21H28N2O3/c1-2-23(16-21(24)25)18-10-12-22(13-11-18)14-15-26-20-9-5-7-17-6-3-4-8-19(17)20/h3-9,18H,2,10-16H2,1H3,(H,24,25). The van der Waals surface area contributed by atoms with Crippen LogP contribution in [0.1, 0.15) is 19.8 Å². The Morgan fingerprint density at radius 1 is 1.19 bits per heavy atom. The molecule has 2 aromatic carbocycles. The van der Waals surface area contributed by atoms with Crippen LogP contribution >= 0.6 is 0 Å². The summed E-state index contributed by atoms with van der Waals surface area (Å²) in [5.41, 5.74) is 0. The molecule has 0 unspecified atom stereocenters. The summed E-state index contributed by atoms with van der Waals surface area (Å²) in [5, 5.41) is 11.4. The van der Waals surface area contributed by atoms with E-state index < -0.39 is 5.97 Å². The lowest BCUT2D eigenvalue weighted by atomic mass is 10.0. The SMILES string of the molecule is CCN(CC(=O)O)C1CCN(CCOc2cccc3ccccc23)CC1. The van der Waals surface area contributed by atoms with Crippen LogP contribution in [-0.2, 0) is 4.79 Å². The maximum Gasteiger partial charge on any atom is 0.317 e. The minimum atomic E-state index is -0.738. The highest BCUT2D eigenvalue weighted by Gasteiger charge is 2.24. The molecule has 1 saturated heterocycles. The van der Waals surface area contributed by atoms with Gasteiger partial charge in [-0.05, 0) is 43.9 Å². The molecule has 1 fully saturated rings. The summed E-state index contributed by atoms with van der Waals surface area (Å²) in [6.07, 6.45) is 2.05. The molecule has 2 aromatic rings. The van der Waals surface area contributed by atoms with Gasteiger partial charge in [-0.2, -0.15) is 0 Å². The Morgan fingerprint density at radius 3 is 2.65 bits per heavy atom. The molecular weight excluding hydrogens is 328 g/mol. The third kappa shape index (κ3) is 4.74. The number of nitrogens with zero attached hydrogens (tertiary/aromatic N) is 2. The van der Waals surface area contributed by atoms with Gasteiger partial charge in [-0.15, -0.1) is 0 Å². The molecule has 1 heterocycles. The van der Waals surface area contributed by atoms with Crippen LogP contribution < -0.4 is 4.74 Å². The summed E-state index contributed by atoms with van der Waals surface area (Å²) in [6.45, 7) is 6.55. The molecule has 1 aliphatic heterocycles. The number of likely N-dealkylation sites (tertiary alicyclic amines) is 1. The third-order valence-corrected chi connectivity index (χ3v) is 5.23. The summed E-state index contributed by atoms with van der Waals surface area (Å²) in [4.78, 5) is 15.5. The Kier molecular flexibility index (Phi) is 6.47. The van der Waals surface area contributed by atoms with E-state index in [1.54, 1.807) is 0 Å². The van der Waals surface area contributed by atoms with Gasteiger partial charge < -0.3 is 9.84 Å². The average molecular weight is 356 g/mol. The van der Waals surface area contributed by atoms with Crippen LogP contribution in [0.2, 0.25) is 0 Å². The van der Waals surface area contributed by atoms with Crippen molar-refractivity contribution in [3.05, 3.63) is 42.5 Å². The van der Waals surface area contributed by atoms with Gasteiger partial charge in [-0.1, -0.05) is 43.3 Å². The Morgan fingerprint density at radius 2 is 1.92 bits per heavy atom. The largest absolute Gasteiger partial charge is 0.492 e. The van der Waals surface area contributed by atoms with Crippen molar-refractivity contribution in [1.29, 1.82) is 0 Å². The van der Waals surface area contributed by atoms with Crippen molar-refractivity contribution in [3.63, 3.8) is 0 Å². The highest BCUT2D eigenvalue weighted by Crippen LogP contribution is 2.25. The first-order valence-corrected chi connectivity index (χ1v) is 9.46.